The molecule has 1 heterocycles. The van der Waals surface area contributed by atoms with E-state index < -0.39 is 27.8 Å². The lowest BCUT2D eigenvalue weighted by Gasteiger charge is -2.17. The average molecular weight is 366 g/mol. The van der Waals surface area contributed by atoms with Crippen LogP contribution in [0.15, 0.2) is 24.3 Å². The number of nitrogens with one attached hydrogen (secondary N) is 1. The summed E-state index contributed by atoms with van der Waals surface area (Å²) in [4.78, 5) is 22.8. The highest BCUT2D eigenvalue weighted by atomic mass is 32.2. The van der Waals surface area contributed by atoms with Crippen LogP contribution in [0.1, 0.15) is 30.4 Å². The first-order chi connectivity index (χ1) is 11.9. The summed E-state index contributed by atoms with van der Waals surface area (Å²) in [6.07, 6.45) is 2.15. The van der Waals surface area contributed by atoms with Gasteiger partial charge in [-0.2, -0.15) is 0 Å². The van der Waals surface area contributed by atoms with Gasteiger partial charge in [-0.15, -0.1) is 0 Å². The summed E-state index contributed by atoms with van der Waals surface area (Å²) in [5.41, 5.74) is 1.41. The molecule has 0 aromatic heterocycles. The number of carboxylic acid groups (broad SMARTS) is 1. The highest BCUT2D eigenvalue weighted by molar-refractivity contribution is 7.88. The van der Waals surface area contributed by atoms with E-state index in [-0.39, 0.29) is 18.2 Å². The van der Waals surface area contributed by atoms with Crippen molar-refractivity contribution in [1.82, 2.24) is 9.62 Å². The van der Waals surface area contributed by atoms with Crippen LogP contribution in [0.4, 0.5) is 0 Å². The van der Waals surface area contributed by atoms with Gasteiger partial charge in [0.1, 0.15) is 0 Å². The van der Waals surface area contributed by atoms with Crippen LogP contribution in [-0.2, 0) is 31.9 Å². The zero-order valence-corrected chi connectivity index (χ0v) is 14.7. The summed E-state index contributed by atoms with van der Waals surface area (Å²) in [6.45, 7) is 1.34. The minimum absolute atomic E-state index is 0.0831. The monoisotopic (exact) mass is 366 g/mol. The second kappa shape index (κ2) is 7.13. The van der Waals surface area contributed by atoms with Crippen molar-refractivity contribution < 1.29 is 23.1 Å². The molecule has 2 N–H and O–H groups in total. The third kappa shape index (κ3) is 4.19. The molecule has 1 aromatic carbocycles. The van der Waals surface area contributed by atoms with E-state index in [0.29, 0.717) is 25.1 Å². The molecule has 8 heteroatoms. The molecule has 0 radical (unpaired) electrons. The fourth-order valence-corrected chi connectivity index (χ4v) is 4.87. The molecule has 1 aliphatic heterocycles. The topological polar surface area (TPSA) is 104 Å². The SMILES string of the molecule is O=C(O)C1CC1C(=O)NCc1ccccc1CS(=O)(=O)N1CCCC1. The Morgan fingerprint density at radius 2 is 1.76 bits per heavy atom. The van der Waals surface area contributed by atoms with Crippen molar-refractivity contribution in [3.8, 4) is 0 Å². The van der Waals surface area contributed by atoms with Gasteiger partial charge in [0.25, 0.3) is 0 Å². The lowest BCUT2D eigenvalue weighted by atomic mass is 10.1. The number of hydrogen-bond donors (Lipinski definition) is 2. The van der Waals surface area contributed by atoms with Crippen molar-refractivity contribution in [2.75, 3.05) is 13.1 Å². The molecule has 2 fully saturated rings. The van der Waals surface area contributed by atoms with E-state index in [4.69, 9.17) is 5.11 Å². The molecule has 1 saturated heterocycles. The molecular formula is C17H22N2O5S. The molecule has 1 aromatic rings. The molecule has 3 rings (SSSR count). The number of sulfonamides is 1. The Hall–Kier alpha value is -1.93. The van der Waals surface area contributed by atoms with Gasteiger partial charge >= 0.3 is 5.97 Å². The first kappa shape index (κ1) is 17.9. The fraction of sp³-hybridized carbons (Fsp3) is 0.529. The smallest absolute Gasteiger partial charge is 0.307 e. The van der Waals surface area contributed by atoms with Crippen LogP contribution in [0.2, 0.25) is 0 Å². The molecule has 2 atom stereocenters. The molecule has 0 bridgehead atoms. The van der Waals surface area contributed by atoms with E-state index in [1.807, 2.05) is 0 Å². The second-order valence-corrected chi connectivity index (χ2v) is 8.60. The summed E-state index contributed by atoms with van der Waals surface area (Å²) >= 11 is 0. The van der Waals surface area contributed by atoms with E-state index in [0.717, 1.165) is 18.4 Å². The molecule has 1 amide bonds. The molecule has 1 saturated carbocycles. The van der Waals surface area contributed by atoms with Crippen LogP contribution in [-0.4, -0.2) is 42.8 Å². The standard InChI is InChI=1S/C17H22N2O5S/c20-16(14-9-15(14)17(21)22)18-10-12-5-1-2-6-13(12)11-25(23,24)19-7-3-4-8-19/h1-2,5-6,14-15H,3-4,7-11H2,(H,18,20)(H,21,22). The molecule has 25 heavy (non-hydrogen) atoms. The number of aliphatic carboxylic acids is 1. The molecule has 136 valence electrons. The second-order valence-electron chi connectivity index (χ2n) is 6.64. The molecule has 0 spiro atoms. The van der Waals surface area contributed by atoms with E-state index in [1.54, 1.807) is 24.3 Å². The van der Waals surface area contributed by atoms with E-state index >= 15 is 0 Å². The summed E-state index contributed by atoms with van der Waals surface area (Å²) < 4.78 is 26.5. The minimum atomic E-state index is -3.36. The lowest BCUT2D eigenvalue weighted by Crippen LogP contribution is -2.30. The zero-order chi connectivity index (χ0) is 18.0. The number of rotatable bonds is 7. The van der Waals surface area contributed by atoms with Gasteiger partial charge in [0.05, 0.1) is 17.6 Å². The summed E-state index contributed by atoms with van der Waals surface area (Å²) in [7, 11) is -3.36. The van der Waals surface area contributed by atoms with Crippen LogP contribution >= 0.6 is 0 Å². The molecule has 7 nitrogen and oxygen atoms in total. The van der Waals surface area contributed by atoms with Crippen molar-refractivity contribution >= 4 is 21.9 Å². The normalized spacial score (nSPS) is 23.4. The van der Waals surface area contributed by atoms with Gasteiger partial charge in [-0.25, -0.2) is 12.7 Å². The number of carbonyl (C=O) groups excluding carboxylic acids is 1. The fourth-order valence-electron chi connectivity index (χ4n) is 3.20. The maximum absolute atomic E-state index is 12.5. The van der Waals surface area contributed by atoms with Gasteiger partial charge in [-0.05, 0) is 30.4 Å². The Balaban J connectivity index is 1.63. The Kier molecular flexibility index (Phi) is 5.10. The van der Waals surface area contributed by atoms with Crippen LogP contribution in [0.25, 0.3) is 0 Å². The van der Waals surface area contributed by atoms with Gasteiger partial charge in [0.15, 0.2) is 0 Å². The van der Waals surface area contributed by atoms with Crippen molar-refractivity contribution in [3.63, 3.8) is 0 Å². The highest BCUT2D eigenvalue weighted by Crippen LogP contribution is 2.38. The van der Waals surface area contributed by atoms with Gasteiger partial charge in [0.2, 0.25) is 15.9 Å². The third-order valence-corrected chi connectivity index (χ3v) is 6.64. The van der Waals surface area contributed by atoms with Gasteiger partial charge in [-0.1, -0.05) is 24.3 Å². The average Bonchev–Trinajstić information content (AvgIpc) is 3.18. The lowest BCUT2D eigenvalue weighted by molar-refractivity contribution is -0.140. The number of benzene rings is 1. The Bertz CT molecular complexity index is 771. The van der Waals surface area contributed by atoms with E-state index in [2.05, 4.69) is 5.32 Å². The summed E-state index contributed by atoms with van der Waals surface area (Å²) in [5.74, 6) is -2.38. The highest BCUT2D eigenvalue weighted by Gasteiger charge is 2.48. The predicted molar refractivity (Wildman–Crippen MR) is 91.0 cm³/mol. The molecule has 2 aliphatic rings. The minimum Gasteiger partial charge on any atom is -0.481 e. The van der Waals surface area contributed by atoms with Crippen molar-refractivity contribution in [2.24, 2.45) is 11.8 Å². The maximum Gasteiger partial charge on any atom is 0.307 e. The van der Waals surface area contributed by atoms with Gasteiger partial charge in [0, 0.05) is 19.6 Å². The van der Waals surface area contributed by atoms with E-state index in [9.17, 15) is 18.0 Å². The van der Waals surface area contributed by atoms with Crippen LogP contribution in [0, 0.1) is 11.8 Å². The van der Waals surface area contributed by atoms with Crippen LogP contribution in [0.3, 0.4) is 0 Å². The number of amides is 1. The number of hydrogen-bond acceptors (Lipinski definition) is 4. The Morgan fingerprint density at radius 1 is 1.12 bits per heavy atom. The largest absolute Gasteiger partial charge is 0.481 e. The third-order valence-electron chi connectivity index (χ3n) is 4.81. The van der Waals surface area contributed by atoms with Crippen molar-refractivity contribution in [2.45, 2.75) is 31.6 Å². The number of carboxylic acids is 1. The Labute approximate surface area is 147 Å². The van der Waals surface area contributed by atoms with Gasteiger partial charge < -0.3 is 10.4 Å². The zero-order valence-electron chi connectivity index (χ0n) is 13.8. The summed E-state index contributed by atoms with van der Waals surface area (Å²) in [6, 6.07) is 7.12. The van der Waals surface area contributed by atoms with Crippen molar-refractivity contribution in [1.29, 1.82) is 0 Å². The maximum atomic E-state index is 12.5. The van der Waals surface area contributed by atoms with Crippen molar-refractivity contribution in [3.05, 3.63) is 35.4 Å². The predicted octanol–water partition coefficient (Wildman–Crippen LogP) is 0.949. The van der Waals surface area contributed by atoms with Crippen LogP contribution < -0.4 is 5.32 Å². The van der Waals surface area contributed by atoms with Crippen LogP contribution in [0.5, 0.6) is 0 Å². The van der Waals surface area contributed by atoms with E-state index in [1.165, 1.54) is 4.31 Å². The summed E-state index contributed by atoms with van der Waals surface area (Å²) in [5, 5.41) is 11.6. The Morgan fingerprint density at radius 3 is 2.36 bits per heavy atom. The molecule has 1 aliphatic carbocycles. The number of carbonyl (C=O) groups is 2. The molecular weight excluding hydrogens is 344 g/mol. The number of nitrogens with zero attached hydrogens (tertiary/aromatic N) is 1. The quantitative estimate of drug-likeness (QED) is 0.748. The first-order valence-corrected chi connectivity index (χ1v) is 10.0. The van der Waals surface area contributed by atoms with Gasteiger partial charge in [-0.3, -0.25) is 9.59 Å². The molecule has 2 unspecified atom stereocenters. The first-order valence-electron chi connectivity index (χ1n) is 8.43.